The van der Waals surface area contributed by atoms with Gasteiger partial charge in [0.1, 0.15) is 11.6 Å². The lowest BCUT2D eigenvalue weighted by Gasteiger charge is -2.05. The zero-order chi connectivity index (χ0) is 13.0. The number of carbonyl (C=O) groups is 1. The molecule has 0 aliphatic rings. The smallest absolute Gasteiger partial charge is 0.224 e. The summed E-state index contributed by atoms with van der Waals surface area (Å²) in [6.07, 6.45) is 2.38. The summed E-state index contributed by atoms with van der Waals surface area (Å²) in [5.74, 6) is 0.0709. The molecule has 0 saturated carbocycles. The zero-order valence-electron chi connectivity index (χ0n) is 9.45. The van der Waals surface area contributed by atoms with E-state index in [2.05, 4.69) is 5.32 Å². The van der Waals surface area contributed by atoms with E-state index in [9.17, 15) is 9.18 Å². The highest BCUT2D eigenvalue weighted by molar-refractivity contribution is 6.31. The van der Waals surface area contributed by atoms with Crippen molar-refractivity contribution >= 4 is 23.2 Å². The molecular formula is C13H11ClFNO2. The van der Waals surface area contributed by atoms with E-state index in [1.165, 1.54) is 18.2 Å². The first kappa shape index (κ1) is 12.6. The van der Waals surface area contributed by atoms with Crippen LogP contribution >= 0.6 is 11.6 Å². The van der Waals surface area contributed by atoms with Crippen molar-refractivity contribution in [3.8, 4) is 0 Å². The van der Waals surface area contributed by atoms with Crippen LogP contribution in [0.3, 0.4) is 0 Å². The van der Waals surface area contributed by atoms with Crippen LogP contribution < -0.4 is 5.32 Å². The quantitative estimate of drug-likeness (QED) is 0.919. The maximum absolute atomic E-state index is 12.9. The Hall–Kier alpha value is -1.81. The first-order valence-electron chi connectivity index (χ1n) is 5.42. The SMILES string of the molecule is O=C(CCc1ccco1)Nc1ccc(F)c(Cl)c1. The van der Waals surface area contributed by atoms with Gasteiger partial charge in [-0.05, 0) is 30.3 Å². The van der Waals surface area contributed by atoms with Crippen LogP contribution in [0.4, 0.5) is 10.1 Å². The lowest BCUT2D eigenvalue weighted by Crippen LogP contribution is -2.12. The fourth-order valence-electron chi connectivity index (χ4n) is 1.49. The summed E-state index contributed by atoms with van der Waals surface area (Å²) in [4.78, 5) is 11.6. The molecule has 0 atom stereocenters. The number of halogens is 2. The van der Waals surface area contributed by atoms with Gasteiger partial charge in [0.2, 0.25) is 5.91 Å². The summed E-state index contributed by atoms with van der Waals surface area (Å²) in [6.45, 7) is 0. The van der Waals surface area contributed by atoms with Crippen LogP contribution in [0.1, 0.15) is 12.2 Å². The molecule has 2 rings (SSSR count). The number of aryl methyl sites for hydroxylation is 1. The van der Waals surface area contributed by atoms with Gasteiger partial charge in [0, 0.05) is 18.5 Å². The Kier molecular flexibility index (Phi) is 3.99. The van der Waals surface area contributed by atoms with Gasteiger partial charge < -0.3 is 9.73 Å². The molecule has 1 aromatic heterocycles. The van der Waals surface area contributed by atoms with E-state index in [0.29, 0.717) is 18.5 Å². The van der Waals surface area contributed by atoms with E-state index in [1.54, 1.807) is 12.3 Å². The minimum atomic E-state index is -0.509. The Morgan fingerprint density at radius 2 is 2.22 bits per heavy atom. The van der Waals surface area contributed by atoms with Crippen molar-refractivity contribution in [1.82, 2.24) is 0 Å². The van der Waals surface area contributed by atoms with E-state index in [0.717, 1.165) is 5.76 Å². The third-order valence-electron chi connectivity index (χ3n) is 2.38. The molecule has 94 valence electrons. The number of carbonyl (C=O) groups excluding carboxylic acids is 1. The summed E-state index contributed by atoms with van der Waals surface area (Å²) in [6, 6.07) is 7.63. The van der Waals surface area contributed by atoms with Gasteiger partial charge in [-0.15, -0.1) is 0 Å². The largest absolute Gasteiger partial charge is 0.469 e. The maximum Gasteiger partial charge on any atom is 0.224 e. The average Bonchev–Trinajstić information content (AvgIpc) is 2.84. The molecule has 1 amide bonds. The molecular weight excluding hydrogens is 257 g/mol. The molecule has 0 fully saturated rings. The van der Waals surface area contributed by atoms with Crippen molar-refractivity contribution in [3.63, 3.8) is 0 Å². The molecule has 3 nitrogen and oxygen atoms in total. The Morgan fingerprint density at radius 1 is 1.39 bits per heavy atom. The summed E-state index contributed by atoms with van der Waals surface area (Å²) >= 11 is 5.61. The third-order valence-corrected chi connectivity index (χ3v) is 2.67. The van der Waals surface area contributed by atoms with Gasteiger partial charge in [0.15, 0.2) is 0 Å². The summed E-state index contributed by atoms with van der Waals surface area (Å²) in [5, 5.41) is 2.63. The van der Waals surface area contributed by atoms with E-state index in [4.69, 9.17) is 16.0 Å². The second-order valence-electron chi connectivity index (χ2n) is 3.76. The van der Waals surface area contributed by atoms with Crippen molar-refractivity contribution < 1.29 is 13.6 Å². The van der Waals surface area contributed by atoms with Crippen LogP contribution in [0.25, 0.3) is 0 Å². The van der Waals surface area contributed by atoms with E-state index in [-0.39, 0.29) is 10.9 Å². The topological polar surface area (TPSA) is 42.2 Å². The standard InChI is InChI=1S/C13H11ClFNO2/c14-11-8-9(3-5-12(11)15)16-13(17)6-4-10-2-1-7-18-10/h1-3,5,7-8H,4,6H2,(H,16,17). The molecule has 0 bridgehead atoms. The van der Waals surface area contributed by atoms with Crippen LogP contribution in [0.2, 0.25) is 5.02 Å². The number of rotatable bonds is 4. The van der Waals surface area contributed by atoms with Crippen molar-refractivity contribution in [2.75, 3.05) is 5.32 Å². The lowest BCUT2D eigenvalue weighted by molar-refractivity contribution is -0.116. The maximum atomic E-state index is 12.9. The molecule has 0 saturated heterocycles. The Balaban J connectivity index is 1.88. The van der Waals surface area contributed by atoms with E-state index in [1.807, 2.05) is 6.07 Å². The molecule has 5 heteroatoms. The van der Waals surface area contributed by atoms with Gasteiger partial charge >= 0.3 is 0 Å². The Labute approximate surface area is 109 Å². The second-order valence-corrected chi connectivity index (χ2v) is 4.16. The number of hydrogen-bond acceptors (Lipinski definition) is 2. The molecule has 1 heterocycles. The average molecular weight is 268 g/mol. The van der Waals surface area contributed by atoms with Gasteiger partial charge in [0.25, 0.3) is 0 Å². The molecule has 0 aliphatic heterocycles. The molecule has 1 aromatic carbocycles. The Morgan fingerprint density at radius 3 is 2.89 bits per heavy atom. The predicted octanol–water partition coefficient (Wildman–Crippen LogP) is 3.64. The number of furan rings is 1. The highest BCUT2D eigenvalue weighted by Crippen LogP contribution is 2.19. The van der Waals surface area contributed by atoms with Crippen molar-refractivity contribution in [2.45, 2.75) is 12.8 Å². The number of amides is 1. The fraction of sp³-hybridized carbons (Fsp3) is 0.154. The lowest BCUT2D eigenvalue weighted by atomic mass is 10.2. The number of nitrogens with one attached hydrogen (secondary N) is 1. The Bertz CT molecular complexity index is 540. The van der Waals surface area contributed by atoms with Crippen molar-refractivity contribution in [2.24, 2.45) is 0 Å². The molecule has 0 spiro atoms. The van der Waals surface area contributed by atoms with Crippen molar-refractivity contribution in [1.29, 1.82) is 0 Å². The van der Waals surface area contributed by atoms with E-state index < -0.39 is 5.82 Å². The predicted molar refractivity (Wildman–Crippen MR) is 67.1 cm³/mol. The molecule has 0 unspecified atom stereocenters. The first-order valence-corrected chi connectivity index (χ1v) is 5.80. The van der Waals surface area contributed by atoms with Gasteiger partial charge in [-0.25, -0.2) is 4.39 Å². The van der Waals surface area contributed by atoms with Crippen molar-refractivity contribution in [3.05, 3.63) is 53.2 Å². The number of benzene rings is 1. The minimum Gasteiger partial charge on any atom is -0.469 e. The summed E-state index contributed by atoms with van der Waals surface area (Å²) in [7, 11) is 0. The van der Waals surface area contributed by atoms with Crippen LogP contribution in [0, 0.1) is 5.82 Å². The molecule has 18 heavy (non-hydrogen) atoms. The van der Waals surface area contributed by atoms with Gasteiger partial charge in [-0.1, -0.05) is 11.6 Å². The normalized spacial score (nSPS) is 10.3. The highest BCUT2D eigenvalue weighted by atomic mass is 35.5. The fourth-order valence-corrected chi connectivity index (χ4v) is 1.67. The number of anilines is 1. The van der Waals surface area contributed by atoms with Crippen LogP contribution in [-0.4, -0.2) is 5.91 Å². The van der Waals surface area contributed by atoms with Gasteiger partial charge in [-0.2, -0.15) is 0 Å². The van der Waals surface area contributed by atoms with E-state index >= 15 is 0 Å². The minimum absolute atomic E-state index is 0.0150. The number of hydrogen-bond donors (Lipinski definition) is 1. The third kappa shape index (κ3) is 3.34. The summed E-state index contributed by atoms with van der Waals surface area (Å²) in [5.41, 5.74) is 0.478. The van der Waals surface area contributed by atoms with Crippen LogP contribution in [-0.2, 0) is 11.2 Å². The first-order chi connectivity index (χ1) is 8.65. The molecule has 2 aromatic rings. The zero-order valence-corrected chi connectivity index (χ0v) is 10.2. The van der Waals surface area contributed by atoms with Crippen LogP contribution in [0.5, 0.6) is 0 Å². The van der Waals surface area contributed by atoms with Gasteiger partial charge in [0.05, 0.1) is 11.3 Å². The molecule has 0 radical (unpaired) electrons. The summed E-state index contributed by atoms with van der Waals surface area (Å²) < 4.78 is 18.0. The van der Waals surface area contributed by atoms with Gasteiger partial charge in [-0.3, -0.25) is 4.79 Å². The monoisotopic (exact) mass is 267 g/mol. The molecule has 0 aliphatic carbocycles. The highest BCUT2D eigenvalue weighted by Gasteiger charge is 2.06. The van der Waals surface area contributed by atoms with Crippen LogP contribution in [0.15, 0.2) is 41.0 Å². The molecule has 1 N–H and O–H groups in total. The second kappa shape index (κ2) is 5.69.